The number of rotatable bonds is 4. The van der Waals surface area contributed by atoms with Crippen LogP contribution < -0.4 is 5.32 Å². The van der Waals surface area contributed by atoms with Crippen LogP contribution >= 0.6 is 0 Å². The zero-order valence-corrected chi connectivity index (χ0v) is 10.2. The summed E-state index contributed by atoms with van der Waals surface area (Å²) < 4.78 is 4.92. The summed E-state index contributed by atoms with van der Waals surface area (Å²) in [6, 6.07) is 5.93. The van der Waals surface area contributed by atoms with Gasteiger partial charge in [-0.3, -0.25) is 9.78 Å². The van der Waals surface area contributed by atoms with E-state index < -0.39 is 11.9 Å². The lowest BCUT2D eigenvalue weighted by Gasteiger charge is -2.12. The van der Waals surface area contributed by atoms with E-state index in [4.69, 9.17) is 9.52 Å². The first-order valence-electron chi connectivity index (χ1n) is 5.62. The molecule has 2 aromatic heterocycles. The maximum atomic E-state index is 11.8. The maximum Gasteiger partial charge on any atom is 0.371 e. The van der Waals surface area contributed by atoms with Crippen molar-refractivity contribution in [2.45, 2.75) is 13.0 Å². The van der Waals surface area contributed by atoms with E-state index in [0.29, 0.717) is 0 Å². The number of aromatic nitrogens is 1. The van der Waals surface area contributed by atoms with E-state index in [2.05, 4.69) is 10.3 Å². The predicted octanol–water partition coefficient (Wildman–Crippen LogP) is 1.86. The van der Waals surface area contributed by atoms with E-state index in [9.17, 15) is 9.59 Å². The molecule has 0 aliphatic carbocycles. The van der Waals surface area contributed by atoms with Gasteiger partial charge in [-0.25, -0.2) is 4.79 Å². The summed E-state index contributed by atoms with van der Waals surface area (Å²) in [6.45, 7) is 1.80. The number of carboxylic acids is 1. The molecule has 98 valence electrons. The molecule has 0 saturated carbocycles. The van der Waals surface area contributed by atoms with Gasteiger partial charge in [-0.1, -0.05) is 6.07 Å². The summed E-state index contributed by atoms with van der Waals surface area (Å²) in [5.74, 6) is -1.98. The van der Waals surface area contributed by atoms with Crippen LogP contribution in [-0.2, 0) is 0 Å². The molecule has 2 heterocycles. The number of pyridine rings is 1. The zero-order valence-electron chi connectivity index (χ0n) is 10.2. The number of aromatic carboxylic acids is 1. The van der Waals surface area contributed by atoms with Crippen LogP contribution in [0.15, 0.2) is 41.1 Å². The van der Waals surface area contributed by atoms with E-state index in [0.717, 1.165) is 5.56 Å². The molecule has 0 aromatic carbocycles. The van der Waals surface area contributed by atoms with Crippen molar-refractivity contribution >= 4 is 11.9 Å². The summed E-state index contributed by atoms with van der Waals surface area (Å²) in [5.41, 5.74) is 0.848. The summed E-state index contributed by atoms with van der Waals surface area (Å²) in [5, 5.41) is 11.4. The lowest BCUT2D eigenvalue weighted by molar-refractivity contribution is 0.0659. The molecule has 1 unspecified atom stereocenters. The third kappa shape index (κ3) is 2.98. The number of carbonyl (C=O) groups excluding carboxylic acids is 1. The van der Waals surface area contributed by atoms with Gasteiger partial charge >= 0.3 is 5.97 Å². The van der Waals surface area contributed by atoms with Gasteiger partial charge in [0.1, 0.15) is 0 Å². The molecule has 0 aliphatic heterocycles. The van der Waals surface area contributed by atoms with E-state index >= 15 is 0 Å². The monoisotopic (exact) mass is 260 g/mol. The fourth-order valence-electron chi connectivity index (χ4n) is 1.56. The number of hydrogen-bond donors (Lipinski definition) is 2. The minimum absolute atomic E-state index is 0.0341. The number of nitrogens with one attached hydrogen (secondary N) is 1. The second kappa shape index (κ2) is 5.34. The standard InChI is InChI=1S/C13H12N2O4/c1-8(9-3-2-6-14-7-9)15-12(16)10-4-5-11(19-10)13(17)18/h2-8H,1H3,(H,15,16)(H,17,18). The Morgan fingerprint density at radius 2 is 2.05 bits per heavy atom. The van der Waals surface area contributed by atoms with Crippen molar-refractivity contribution in [3.8, 4) is 0 Å². The van der Waals surface area contributed by atoms with Crippen LogP contribution in [0.5, 0.6) is 0 Å². The Morgan fingerprint density at radius 3 is 2.63 bits per heavy atom. The van der Waals surface area contributed by atoms with Crippen LogP contribution in [0.4, 0.5) is 0 Å². The zero-order chi connectivity index (χ0) is 13.8. The molecule has 6 nitrogen and oxygen atoms in total. The molecular weight excluding hydrogens is 248 g/mol. The van der Waals surface area contributed by atoms with E-state index in [-0.39, 0.29) is 17.6 Å². The van der Waals surface area contributed by atoms with Gasteiger partial charge in [0.2, 0.25) is 5.76 Å². The van der Waals surface area contributed by atoms with Crippen molar-refractivity contribution in [3.05, 3.63) is 53.7 Å². The number of hydrogen-bond acceptors (Lipinski definition) is 4. The van der Waals surface area contributed by atoms with Gasteiger partial charge in [0, 0.05) is 12.4 Å². The Hall–Kier alpha value is -2.63. The van der Waals surface area contributed by atoms with Crippen LogP contribution in [0, 0.1) is 0 Å². The van der Waals surface area contributed by atoms with Gasteiger partial charge in [0.15, 0.2) is 5.76 Å². The van der Waals surface area contributed by atoms with Crippen molar-refractivity contribution in [2.75, 3.05) is 0 Å². The van der Waals surface area contributed by atoms with Gasteiger partial charge in [-0.15, -0.1) is 0 Å². The predicted molar refractivity (Wildman–Crippen MR) is 65.8 cm³/mol. The number of nitrogens with zero attached hydrogens (tertiary/aromatic N) is 1. The Bertz CT molecular complexity index is 592. The van der Waals surface area contributed by atoms with Crippen LogP contribution in [0.3, 0.4) is 0 Å². The summed E-state index contributed by atoms with van der Waals surface area (Å²) >= 11 is 0. The van der Waals surface area contributed by atoms with Crippen molar-refractivity contribution in [1.29, 1.82) is 0 Å². The lowest BCUT2D eigenvalue weighted by Crippen LogP contribution is -2.26. The first-order valence-corrected chi connectivity index (χ1v) is 5.62. The average Bonchev–Trinajstić information content (AvgIpc) is 2.89. The van der Waals surface area contributed by atoms with Crippen LogP contribution in [0.1, 0.15) is 39.6 Å². The van der Waals surface area contributed by atoms with Crippen LogP contribution in [0.2, 0.25) is 0 Å². The molecule has 1 amide bonds. The topological polar surface area (TPSA) is 92.4 Å². The molecule has 2 rings (SSSR count). The number of furan rings is 1. The Labute approximate surface area is 109 Å². The van der Waals surface area contributed by atoms with Crippen molar-refractivity contribution < 1.29 is 19.1 Å². The van der Waals surface area contributed by atoms with E-state index in [1.165, 1.54) is 12.1 Å². The van der Waals surface area contributed by atoms with Crippen LogP contribution in [-0.4, -0.2) is 22.0 Å². The summed E-state index contributed by atoms with van der Waals surface area (Å²) in [7, 11) is 0. The molecule has 0 fully saturated rings. The lowest BCUT2D eigenvalue weighted by atomic mass is 10.1. The number of carboxylic acid groups (broad SMARTS) is 1. The van der Waals surface area contributed by atoms with Crippen molar-refractivity contribution in [2.24, 2.45) is 0 Å². The highest BCUT2D eigenvalue weighted by atomic mass is 16.4. The molecule has 0 saturated heterocycles. The molecule has 2 aromatic rings. The summed E-state index contributed by atoms with van der Waals surface area (Å²) in [6.07, 6.45) is 3.29. The fourth-order valence-corrected chi connectivity index (χ4v) is 1.56. The second-order valence-corrected chi connectivity index (χ2v) is 3.95. The highest BCUT2D eigenvalue weighted by Gasteiger charge is 2.17. The van der Waals surface area contributed by atoms with Gasteiger partial charge in [-0.2, -0.15) is 0 Å². The Kier molecular flexibility index (Phi) is 3.61. The molecule has 19 heavy (non-hydrogen) atoms. The number of amides is 1. The van der Waals surface area contributed by atoms with Gasteiger partial charge in [0.25, 0.3) is 5.91 Å². The van der Waals surface area contributed by atoms with Crippen LogP contribution in [0.25, 0.3) is 0 Å². The Morgan fingerprint density at radius 1 is 1.32 bits per heavy atom. The molecule has 0 spiro atoms. The van der Waals surface area contributed by atoms with E-state index in [1.54, 1.807) is 25.4 Å². The SMILES string of the molecule is CC(NC(=O)c1ccc(C(=O)O)o1)c1cccnc1. The molecule has 6 heteroatoms. The third-order valence-electron chi connectivity index (χ3n) is 2.57. The molecule has 1 atom stereocenters. The average molecular weight is 260 g/mol. The summed E-state index contributed by atoms with van der Waals surface area (Å²) in [4.78, 5) is 26.5. The van der Waals surface area contributed by atoms with Crippen molar-refractivity contribution in [3.63, 3.8) is 0 Å². The molecule has 0 bridgehead atoms. The van der Waals surface area contributed by atoms with Gasteiger partial charge < -0.3 is 14.8 Å². The molecular formula is C13H12N2O4. The molecule has 0 radical (unpaired) electrons. The number of carbonyl (C=O) groups is 2. The largest absolute Gasteiger partial charge is 0.475 e. The Balaban J connectivity index is 2.06. The minimum Gasteiger partial charge on any atom is -0.475 e. The smallest absolute Gasteiger partial charge is 0.371 e. The third-order valence-corrected chi connectivity index (χ3v) is 2.57. The highest BCUT2D eigenvalue weighted by molar-refractivity contribution is 5.93. The molecule has 0 aliphatic rings. The first-order chi connectivity index (χ1) is 9.08. The maximum absolute atomic E-state index is 11.8. The fraction of sp³-hybridized carbons (Fsp3) is 0.154. The highest BCUT2D eigenvalue weighted by Crippen LogP contribution is 2.13. The van der Waals surface area contributed by atoms with Crippen molar-refractivity contribution in [1.82, 2.24) is 10.3 Å². The quantitative estimate of drug-likeness (QED) is 0.875. The van der Waals surface area contributed by atoms with E-state index in [1.807, 2.05) is 6.07 Å². The first kappa shape index (κ1) is 12.8. The van der Waals surface area contributed by atoms with Gasteiger partial charge in [-0.05, 0) is 30.7 Å². The second-order valence-electron chi connectivity index (χ2n) is 3.95. The molecule has 2 N–H and O–H groups in total. The normalized spacial score (nSPS) is 11.8. The minimum atomic E-state index is -1.21. The van der Waals surface area contributed by atoms with Gasteiger partial charge in [0.05, 0.1) is 6.04 Å².